The summed E-state index contributed by atoms with van der Waals surface area (Å²) in [5.41, 5.74) is 2.55. The molecule has 2 atom stereocenters. The van der Waals surface area contributed by atoms with Crippen molar-refractivity contribution in [3.8, 4) is 5.75 Å². The third kappa shape index (κ3) is 5.26. The maximum absolute atomic E-state index is 12.9. The average molecular weight is 436 g/mol. The largest absolute Gasteiger partial charge is 0.496 e. The fraction of sp³-hybridized carbons (Fsp3) is 0.519. The Bertz CT molecular complexity index is 877. The summed E-state index contributed by atoms with van der Waals surface area (Å²) >= 11 is 0. The second-order valence-corrected chi connectivity index (χ2v) is 9.63. The SMILES string of the molecule is COc1ccccc1C1CN(C(=O)CC(C)C)CC1CN1CCN(c2ccccc2)CC1. The number of ether oxygens (including phenoxy) is 1. The third-order valence-electron chi connectivity index (χ3n) is 6.90. The van der Waals surface area contributed by atoms with E-state index in [0.717, 1.165) is 51.6 Å². The van der Waals surface area contributed by atoms with Crippen molar-refractivity contribution in [1.29, 1.82) is 0 Å². The standard InChI is InChI=1S/C27H37N3O2/c1-21(2)17-27(31)30-19-22(25(20-30)24-11-7-8-12-26(24)32-3)18-28-13-15-29(16-14-28)23-9-5-4-6-10-23/h4-12,21-22,25H,13-20H2,1-3H3. The Balaban J connectivity index is 1.45. The number of amides is 1. The number of carbonyl (C=O) groups is 1. The predicted molar refractivity (Wildman–Crippen MR) is 130 cm³/mol. The molecule has 0 saturated carbocycles. The molecule has 2 aromatic rings. The zero-order valence-electron chi connectivity index (χ0n) is 19.7. The normalized spacial score (nSPS) is 21.9. The smallest absolute Gasteiger partial charge is 0.222 e. The van der Waals surface area contributed by atoms with Crippen molar-refractivity contribution in [2.24, 2.45) is 11.8 Å². The lowest BCUT2D eigenvalue weighted by molar-refractivity contribution is -0.131. The van der Waals surface area contributed by atoms with E-state index >= 15 is 0 Å². The summed E-state index contributed by atoms with van der Waals surface area (Å²) in [5.74, 6) is 2.35. The van der Waals surface area contributed by atoms with Crippen molar-refractivity contribution in [2.45, 2.75) is 26.2 Å². The van der Waals surface area contributed by atoms with Gasteiger partial charge in [0.15, 0.2) is 0 Å². The molecule has 172 valence electrons. The number of carbonyl (C=O) groups excluding carboxylic acids is 1. The minimum Gasteiger partial charge on any atom is -0.496 e. The van der Waals surface area contributed by atoms with Crippen molar-refractivity contribution >= 4 is 11.6 Å². The first kappa shape index (κ1) is 22.7. The number of rotatable bonds is 7. The van der Waals surface area contributed by atoms with Gasteiger partial charge in [-0.3, -0.25) is 9.69 Å². The molecule has 2 aliphatic heterocycles. The zero-order chi connectivity index (χ0) is 22.5. The van der Waals surface area contributed by atoms with Crippen LogP contribution in [0.25, 0.3) is 0 Å². The van der Waals surface area contributed by atoms with Gasteiger partial charge >= 0.3 is 0 Å². The molecule has 0 aliphatic carbocycles. The van der Waals surface area contributed by atoms with Crippen LogP contribution >= 0.6 is 0 Å². The molecule has 2 aromatic carbocycles. The van der Waals surface area contributed by atoms with Gasteiger partial charge < -0.3 is 14.5 Å². The quantitative estimate of drug-likeness (QED) is 0.656. The Kier molecular flexibility index (Phi) is 7.36. The highest BCUT2D eigenvalue weighted by molar-refractivity contribution is 5.77. The van der Waals surface area contributed by atoms with Crippen LogP contribution in [0.1, 0.15) is 31.7 Å². The van der Waals surface area contributed by atoms with Crippen molar-refractivity contribution in [1.82, 2.24) is 9.80 Å². The van der Waals surface area contributed by atoms with E-state index in [1.807, 2.05) is 12.1 Å². The Morgan fingerprint density at radius 2 is 1.66 bits per heavy atom. The number of hydrogen-bond donors (Lipinski definition) is 0. The van der Waals surface area contributed by atoms with Crippen LogP contribution in [0, 0.1) is 11.8 Å². The van der Waals surface area contributed by atoms with Gasteiger partial charge in [0.1, 0.15) is 5.75 Å². The molecule has 2 saturated heterocycles. The molecule has 5 heteroatoms. The number of para-hydroxylation sites is 2. The lowest BCUT2D eigenvalue weighted by Gasteiger charge is -2.38. The van der Waals surface area contributed by atoms with Gasteiger partial charge in [0.05, 0.1) is 7.11 Å². The summed E-state index contributed by atoms with van der Waals surface area (Å²) in [6.07, 6.45) is 0.626. The van der Waals surface area contributed by atoms with E-state index in [4.69, 9.17) is 4.74 Å². The maximum atomic E-state index is 12.9. The lowest BCUT2D eigenvalue weighted by Crippen LogP contribution is -2.48. The van der Waals surface area contributed by atoms with E-state index in [0.29, 0.717) is 24.2 Å². The van der Waals surface area contributed by atoms with Gasteiger partial charge in [-0.15, -0.1) is 0 Å². The van der Waals surface area contributed by atoms with Gasteiger partial charge in [0.25, 0.3) is 0 Å². The second-order valence-electron chi connectivity index (χ2n) is 9.63. The molecule has 2 unspecified atom stereocenters. The molecule has 2 aliphatic rings. The van der Waals surface area contributed by atoms with E-state index < -0.39 is 0 Å². The minimum absolute atomic E-state index is 0.288. The summed E-state index contributed by atoms with van der Waals surface area (Å²) in [6, 6.07) is 19.0. The van der Waals surface area contributed by atoms with Crippen LogP contribution < -0.4 is 9.64 Å². The number of methoxy groups -OCH3 is 1. The number of benzene rings is 2. The summed E-state index contributed by atoms with van der Waals surface area (Å²) in [4.78, 5) is 20.1. The Hall–Kier alpha value is -2.53. The van der Waals surface area contributed by atoms with Gasteiger partial charge in [-0.2, -0.15) is 0 Å². The highest BCUT2D eigenvalue weighted by Crippen LogP contribution is 2.38. The van der Waals surface area contributed by atoms with E-state index in [1.165, 1.54) is 11.3 Å². The van der Waals surface area contributed by atoms with Crippen LogP contribution in [0.5, 0.6) is 5.75 Å². The summed E-state index contributed by atoms with van der Waals surface area (Å²) in [5, 5.41) is 0. The molecule has 4 rings (SSSR count). The fourth-order valence-electron chi connectivity index (χ4n) is 5.22. The molecule has 1 amide bonds. The monoisotopic (exact) mass is 435 g/mol. The Morgan fingerprint density at radius 3 is 2.34 bits per heavy atom. The van der Waals surface area contributed by atoms with Crippen molar-refractivity contribution < 1.29 is 9.53 Å². The Labute approximate surface area is 193 Å². The number of piperazine rings is 1. The summed E-state index contributed by atoms with van der Waals surface area (Å²) < 4.78 is 5.70. The summed E-state index contributed by atoms with van der Waals surface area (Å²) in [6.45, 7) is 11.1. The molecule has 0 spiro atoms. The minimum atomic E-state index is 0.288. The van der Waals surface area contributed by atoms with Gasteiger partial charge in [0.2, 0.25) is 5.91 Å². The van der Waals surface area contributed by atoms with E-state index in [9.17, 15) is 4.79 Å². The van der Waals surface area contributed by atoms with E-state index in [2.05, 4.69) is 71.0 Å². The molecule has 0 N–H and O–H groups in total. The van der Waals surface area contributed by atoms with Crippen LogP contribution in [0.15, 0.2) is 54.6 Å². The number of anilines is 1. The van der Waals surface area contributed by atoms with E-state index in [1.54, 1.807) is 7.11 Å². The van der Waals surface area contributed by atoms with Crippen LogP contribution in [-0.4, -0.2) is 68.6 Å². The number of nitrogens with zero attached hydrogens (tertiary/aromatic N) is 3. The first-order valence-electron chi connectivity index (χ1n) is 12.0. The second kappa shape index (κ2) is 10.4. The fourth-order valence-corrected chi connectivity index (χ4v) is 5.22. The molecule has 2 heterocycles. The van der Waals surface area contributed by atoms with Crippen LogP contribution in [0.4, 0.5) is 5.69 Å². The molecule has 5 nitrogen and oxygen atoms in total. The summed E-state index contributed by atoms with van der Waals surface area (Å²) in [7, 11) is 1.74. The van der Waals surface area contributed by atoms with Gasteiger partial charge in [-0.1, -0.05) is 50.2 Å². The first-order valence-corrected chi connectivity index (χ1v) is 12.0. The van der Waals surface area contributed by atoms with E-state index in [-0.39, 0.29) is 5.91 Å². The molecule has 0 radical (unpaired) electrons. The molecule has 0 aromatic heterocycles. The highest BCUT2D eigenvalue weighted by Gasteiger charge is 2.38. The van der Waals surface area contributed by atoms with Crippen LogP contribution in [-0.2, 0) is 4.79 Å². The maximum Gasteiger partial charge on any atom is 0.222 e. The molecule has 32 heavy (non-hydrogen) atoms. The lowest BCUT2D eigenvalue weighted by atomic mass is 9.87. The van der Waals surface area contributed by atoms with Crippen molar-refractivity contribution in [3.05, 3.63) is 60.2 Å². The zero-order valence-corrected chi connectivity index (χ0v) is 19.7. The third-order valence-corrected chi connectivity index (χ3v) is 6.90. The van der Waals surface area contributed by atoms with Crippen molar-refractivity contribution in [3.63, 3.8) is 0 Å². The van der Waals surface area contributed by atoms with Crippen LogP contribution in [0.3, 0.4) is 0 Å². The van der Waals surface area contributed by atoms with Crippen LogP contribution in [0.2, 0.25) is 0 Å². The van der Waals surface area contributed by atoms with Gasteiger partial charge in [0, 0.05) is 63.8 Å². The predicted octanol–water partition coefficient (Wildman–Crippen LogP) is 4.11. The first-order chi connectivity index (χ1) is 15.5. The molecule has 0 bridgehead atoms. The van der Waals surface area contributed by atoms with Gasteiger partial charge in [-0.05, 0) is 35.6 Å². The topological polar surface area (TPSA) is 36.0 Å². The average Bonchev–Trinajstić information content (AvgIpc) is 3.23. The van der Waals surface area contributed by atoms with Crippen molar-refractivity contribution in [2.75, 3.05) is 57.8 Å². The Morgan fingerprint density at radius 1 is 0.969 bits per heavy atom. The number of hydrogen-bond acceptors (Lipinski definition) is 4. The molecular formula is C27H37N3O2. The van der Waals surface area contributed by atoms with Gasteiger partial charge in [-0.25, -0.2) is 0 Å². The highest BCUT2D eigenvalue weighted by atomic mass is 16.5. The number of likely N-dealkylation sites (tertiary alicyclic amines) is 1. The molecule has 2 fully saturated rings. The molecular weight excluding hydrogens is 398 g/mol.